The molecule has 1 aromatic carbocycles. The maximum atomic E-state index is 12.4. The Bertz CT molecular complexity index is 842. The highest BCUT2D eigenvalue weighted by Gasteiger charge is 2.50. The molecule has 13 heteroatoms. The number of alkyl halides is 3. The number of carbonyl (C=O) groups excluding carboxylic acids is 3. The summed E-state index contributed by atoms with van der Waals surface area (Å²) < 4.78 is 26.2. The van der Waals surface area contributed by atoms with Gasteiger partial charge in [0.25, 0.3) is 0 Å². The third-order valence-electron chi connectivity index (χ3n) is 4.63. The Kier molecular flexibility index (Phi) is 12.2. The monoisotopic (exact) mass is 571 g/mol. The molecule has 1 aliphatic rings. The smallest absolute Gasteiger partial charge is 0.407 e. The lowest BCUT2D eigenvalue weighted by molar-refractivity contribution is -0.211. The molecule has 1 heterocycles. The van der Waals surface area contributed by atoms with Crippen molar-refractivity contribution in [2.75, 3.05) is 19.0 Å². The quantitative estimate of drug-likeness (QED) is 0.253. The van der Waals surface area contributed by atoms with E-state index in [2.05, 4.69) is 5.32 Å². The summed E-state index contributed by atoms with van der Waals surface area (Å²) in [6, 6.07) is 8.55. The number of alkyl carbamates (subject to hydrolysis) is 1. The third kappa shape index (κ3) is 10.6. The number of rotatable bonds is 10. The Morgan fingerprint density at radius 2 is 1.69 bits per heavy atom. The largest absolute Gasteiger partial charge is 0.456 e. The van der Waals surface area contributed by atoms with Crippen molar-refractivity contribution in [1.29, 1.82) is 0 Å². The molecule has 35 heavy (non-hydrogen) atoms. The van der Waals surface area contributed by atoms with Gasteiger partial charge >= 0.3 is 18.0 Å². The summed E-state index contributed by atoms with van der Waals surface area (Å²) in [5.41, 5.74) is 0.251. The van der Waals surface area contributed by atoms with Crippen LogP contribution in [-0.4, -0.2) is 70.6 Å². The minimum Gasteiger partial charge on any atom is -0.456 e. The molecule has 5 atom stereocenters. The maximum absolute atomic E-state index is 12.4. The highest BCUT2D eigenvalue weighted by Crippen LogP contribution is 2.33. The molecule has 1 amide bonds. The Hall–Kier alpha value is -1.43. The number of halogens is 3. The van der Waals surface area contributed by atoms with Crippen LogP contribution in [0.5, 0.6) is 0 Å². The fourth-order valence-corrected chi connectivity index (χ4v) is 4.50. The maximum Gasteiger partial charge on any atom is 0.407 e. The van der Waals surface area contributed by atoms with E-state index in [9.17, 15) is 14.4 Å². The van der Waals surface area contributed by atoms with Crippen molar-refractivity contribution in [3.63, 3.8) is 0 Å². The lowest BCUT2D eigenvalue weighted by Gasteiger charge is -2.45. The molecule has 196 valence electrons. The molecule has 0 saturated carbocycles. The van der Waals surface area contributed by atoms with Crippen LogP contribution in [0.15, 0.2) is 30.3 Å². The van der Waals surface area contributed by atoms with Crippen molar-refractivity contribution in [1.82, 2.24) is 5.32 Å². The molecule has 2 rings (SSSR count). The molecule has 1 aliphatic heterocycles. The van der Waals surface area contributed by atoms with E-state index in [0.29, 0.717) is 12.4 Å². The minimum absolute atomic E-state index is 0.0375. The highest BCUT2D eigenvalue weighted by atomic mass is 35.6. The molecule has 1 fully saturated rings. The van der Waals surface area contributed by atoms with Crippen LogP contribution < -0.4 is 5.32 Å². The Morgan fingerprint density at radius 1 is 1.06 bits per heavy atom. The predicted octanol–water partition coefficient (Wildman–Crippen LogP) is 4.01. The lowest BCUT2D eigenvalue weighted by Crippen LogP contribution is -2.65. The number of nitrogens with one attached hydrogen (secondary N) is 1. The summed E-state index contributed by atoms with van der Waals surface area (Å²) >= 11 is 18.3. The first kappa shape index (κ1) is 29.8. The van der Waals surface area contributed by atoms with Crippen LogP contribution >= 0.6 is 46.6 Å². The van der Waals surface area contributed by atoms with E-state index in [4.69, 9.17) is 58.5 Å². The predicted molar refractivity (Wildman–Crippen MR) is 133 cm³/mol. The van der Waals surface area contributed by atoms with Gasteiger partial charge in [-0.05, 0) is 11.3 Å². The van der Waals surface area contributed by atoms with Crippen molar-refractivity contribution in [2.24, 2.45) is 0 Å². The Balaban J connectivity index is 2.25. The van der Waals surface area contributed by atoms with Gasteiger partial charge in [0.2, 0.25) is 3.79 Å². The van der Waals surface area contributed by atoms with E-state index in [1.807, 2.05) is 37.3 Å². The second-order valence-electron chi connectivity index (χ2n) is 7.51. The van der Waals surface area contributed by atoms with E-state index in [1.54, 1.807) is 0 Å². The van der Waals surface area contributed by atoms with Gasteiger partial charge in [-0.1, -0.05) is 72.1 Å². The summed E-state index contributed by atoms with van der Waals surface area (Å²) in [5.74, 6) is -0.656. The lowest BCUT2D eigenvalue weighted by atomic mass is 9.97. The fraction of sp³-hybridized carbons (Fsp3) is 0.591. The molecule has 1 N–H and O–H groups in total. The van der Waals surface area contributed by atoms with Crippen molar-refractivity contribution in [3.05, 3.63) is 35.9 Å². The average Bonchev–Trinajstić information content (AvgIpc) is 2.76. The average molecular weight is 573 g/mol. The molecule has 0 spiro atoms. The second kappa shape index (κ2) is 14.3. The highest BCUT2D eigenvalue weighted by molar-refractivity contribution is 7.99. The normalized spacial score (nSPS) is 24.3. The standard InChI is InChI=1S/C22H28Cl3NO8S/c1-4-35-20-17(26-21(29)31-12-22(23,24)25)19(33-14(3)28)18(32-13(2)27)16(34-20)11-30-10-15-8-6-5-7-9-15/h5-9,16-20H,4,10-12H2,1-3H3,(H,26,29)/t16-,17-,18+,19-,20+/m1/s1. The molecule has 0 radical (unpaired) electrons. The number of ether oxygens (including phenoxy) is 5. The molecule has 0 bridgehead atoms. The molecule has 0 aromatic heterocycles. The Labute approximate surface area is 223 Å². The number of hydrogen-bond donors (Lipinski definition) is 1. The number of hydrogen-bond acceptors (Lipinski definition) is 9. The second-order valence-corrected chi connectivity index (χ2v) is 11.4. The number of esters is 2. The third-order valence-corrected chi connectivity index (χ3v) is 6.02. The van der Waals surface area contributed by atoms with Gasteiger partial charge in [-0.2, -0.15) is 0 Å². The van der Waals surface area contributed by atoms with Crippen LogP contribution in [0.1, 0.15) is 26.3 Å². The number of benzene rings is 1. The van der Waals surface area contributed by atoms with Gasteiger partial charge in [0, 0.05) is 13.8 Å². The fourth-order valence-electron chi connectivity index (χ4n) is 3.36. The molecule has 1 saturated heterocycles. The zero-order valence-corrected chi connectivity index (χ0v) is 22.5. The van der Waals surface area contributed by atoms with Gasteiger partial charge in [0.05, 0.1) is 13.2 Å². The Morgan fingerprint density at radius 3 is 2.26 bits per heavy atom. The zero-order valence-electron chi connectivity index (χ0n) is 19.4. The minimum atomic E-state index is -1.81. The first-order valence-electron chi connectivity index (χ1n) is 10.7. The van der Waals surface area contributed by atoms with Crippen molar-refractivity contribution in [3.8, 4) is 0 Å². The van der Waals surface area contributed by atoms with Crippen LogP contribution in [0.2, 0.25) is 0 Å². The first-order chi connectivity index (χ1) is 16.5. The van der Waals surface area contributed by atoms with Gasteiger partial charge in [-0.3, -0.25) is 9.59 Å². The van der Waals surface area contributed by atoms with Crippen molar-refractivity contribution >= 4 is 64.6 Å². The van der Waals surface area contributed by atoms with Gasteiger partial charge < -0.3 is 29.0 Å². The molecule has 0 unspecified atom stereocenters. The summed E-state index contributed by atoms with van der Waals surface area (Å²) in [6.45, 7) is 4.15. The van der Waals surface area contributed by atoms with E-state index in [1.165, 1.54) is 25.6 Å². The molecule has 9 nitrogen and oxygen atoms in total. The molecular weight excluding hydrogens is 545 g/mol. The summed E-state index contributed by atoms with van der Waals surface area (Å²) in [5, 5.41) is 2.60. The first-order valence-corrected chi connectivity index (χ1v) is 12.9. The van der Waals surface area contributed by atoms with Gasteiger partial charge in [-0.15, -0.1) is 11.8 Å². The van der Waals surface area contributed by atoms with Crippen LogP contribution in [0.25, 0.3) is 0 Å². The van der Waals surface area contributed by atoms with Gasteiger partial charge in [0.1, 0.15) is 24.2 Å². The molecule has 0 aliphatic carbocycles. The van der Waals surface area contributed by atoms with E-state index < -0.39 is 58.2 Å². The van der Waals surface area contributed by atoms with Crippen LogP contribution in [0.3, 0.4) is 0 Å². The van der Waals surface area contributed by atoms with Gasteiger partial charge in [0.15, 0.2) is 12.2 Å². The number of carbonyl (C=O) groups is 3. The van der Waals surface area contributed by atoms with Crippen molar-refractivity contribution < 1.29 is 38.1 Å². The van der Waals surface area contributed by atoms with E-state index in [-0.39, 0.29) is 6.61 Å². The number of amides is 1. The SMILES string of the molecule is CCS[C@@H]1O[C@H](COCc2ccccc2)[C@H](OC(C)=O)[C@H](OC(C)=O)[C@H]1NC(=O)OCC(Cl)(Cl)Cl. The zero-order chi connectivity index (χ0) is 26.0. The number of thioether (sulfide) groups is 1. The molecular formula is C22H28Cl3NO8S. The topological polar surface area (TPSA) is 109 Å². The van der Waals surface area contributed by atoms with Crippen LogP contribution in [-0.2, 0) is 39.9 Å². The van der Waals surface area contributed by atoms with Gasteiger partial charge in [-0.25, -0.2) is 4.79 Å². The van der Waals surface area contributed by atoms with Crippen LogP contribution in [0, 0.1) is 0 Å². The van der Waals surface area contributed by atoms with E-state index in [0.717, 1.165) is 5.56 Å². The summed E-state index contributed by atoms with van der Waals surface area (Å²) in [4.78, 5) is 36.3. The summed E-state index contributed by atoms with van der Waals surface area (Å²) in [7, 11) is 0. The molecule has 1 aromatic rings. The summed E-state index contributed by atoms with van der Waals surface area (Å²) in [6.07, 6.45) is -3.88. The van der Waals surface area contributed by atoms with Crippen molar-refractivity contribution in [2.45, 2.75) is 61.0 Å². The van der Waals surface area contributed by atoms with Crippen LogP contribution in [0.4, 0.5) is 4.79 Å². The van der Waals surface area contributed by atoms with E-state index >= 15 is 0 Å².